The highest BCUT2D eigenvalue weighted by molar-refractivity contribution is 6.04. The zero-order chi connectivity index (χ0) is 10.7. The second-order valence-corrected chi connectivity index (χ2v) is 3.71. The Morgan fingerprint density at radius 3 is 3.00 bits per heavy atom. The minimum atomic E-state index is 0.153. The average molecular weight is 208 g/mol. The number of likely N-dealkylation sites (tertiary alicyclic amines) is 1. The first-order chi connectivity index (χ1) is 7.33. The third-order valence-corrected chi connectivity index (χ3v) is 2.70. The molecule has 2 heterocycles. The molecule has 3 N–H and O–H groups in total. The Labute approximate surface area is 89.0 Å². The van der Waals surface area contributed by atoms with Crippen molar-refractivity contribution in [3.8, 4) is 0 Å². The van der Waals surface area contributed by atoms with E-state index in [1.54, 1.807) is 4.90 Å². The summed E-state index contributed by atoms with van der Waals surface area (Å²) in [7, 11) is 0. The predicted octanol–water partition coefficient (Wildman–Crippen LogP) is -0.547. The van der Waals surface area contributed by atoms with Crippen molar-refractivity contribution in [3.05, 3.63) is 11.9 Å². The molecule has 5 nitrogen and oxygen atoms in total. The van der Waals surface area contributed by atoms with Gasteiger partial charge in [-0.1, -0.05) is 0 Å². The Morgan fingerprint density at radius 2 is 2.47 bits per heavy atom. The molecule has 82 valence electrons. The molecule has 0 atom stereocenters. The van der Waals surface area contributed by atoms with Gasteiger partial charge < -0.3 is 16.0 Å². The summed E-state index contributed by atoms with van der Waals surface area (Å²) in [6, 6.07) is 0. The van der Waals surface area contributed by atoms with E-state index in [1.807, 2.05) is 0 Å². The van der Waals surface area contributed by atoms with E-state index in [0.717, 1.165) is 37.5 Å². The number of nitrogens with zero attached hydrogens (tertiary/aromatic N) is 2. The van der Waals surface area contributed by atoms with Gasteiger partial charge in [0.15, 0.2) is 0 Å². The summed E-state index contributed by atoms with van der Waals surface area (Å²) in [5.41, 5.74) is 7.27. The maximum absolute atomic E-state index is 11.6. The van der Waals surface area contributed by atoms with E-state index in [-0.39, 0.29) is 5.91 Å². The number of amides is 1. The van der Waals surface area contributed by atoms with E-state index < -0.39 is 0 Å². The van der Waals surface area contributed by atoms with Gasteiger partial charge in [0.2, 0.25) is 5.91 Å². The van der Waals surface area contributed by atoms with Crippen LogP contribution in [-0.4, -0.2) is 42.7 Å². The molecule has 1 fully saturated rings. The first-order valence-electron chi connectivity index (χ1n) is 5.29. The van der Waals surface area contributed by atoms with Crippen molar-refractivity contribution >= 4 is 11.6 Å². The maximum Gasteiger partial charge on any atom is 0.227 e. The number of hydrogen-bond donors (Lipinski definition) is 2. The minimum absolute atomic E-state index is 0.153. The van der Waals surface area contributed by atoms with Gasteiger partial charge in [0.25, 0.3) is 0 Å². The van der Waals surface area contributed by atoms with Gasteiger partial charge in [-0.3, -0.25) is 9.79 Å². The van der Waals surface area contributed by atoms with Gasteiger partial charge in [-0.2, -0.15) is 0 Å². The number of hydrogen-bond acceptors (Lipinski definition) is 4. The number of rotatable bonds is 2. The molecule has 2 rings (SSSR count). The highest BCUT2D eigenvalue weighted by atomic mass is 16.2. The monoisotopic (exact) mass is 208 g/mol. The lowest BCUT2D eigenvalue weighted by atomic mass is 10.2. The van der Waals surface area contributed by atoms with Gasteiger partial charge in [-0.25, -0.2) is 0 Å². The van der Waals surface area contributed by atoms with Gasteiger partial charge in [0, 0.05) is 32.3 Å². The van der Waals surface area contributed by atoms with Crippen molar-refractivity contribution in [1.82, 2.24) is 10.2 Å². The third kappa shape index (κ3) is 2.02. The molecule has 1 amide bonds. The zero-order valence-electron chi connectivity index (χ0n) is 8.70. The Balaban J connectivity index is 2.16. The Hall–Kier alpha value is -1.36. The molecule has 2 aliphatic rings. The van der Waals surface area contributed by atoms with Crippen molar-refractivity contribution in [1.29, 1.82) is 0 Å². The largest absolute Gasteiger partial charge is 0.403 e. The van der Waals surface area contributed by atoms with Crippen LogP contribution in [0.2, 0.25) is 0 Å². The molecule has 0 aromatic carbocycles. The van der Waals surface area contributed by atoms with Gasteiger partial charge in [-0.15, -0.1) is 0 Å². The second kappa shape index (κ2) is 4.44. The van der Waals surface area contributed by atoms with Crippen molar-refractivity contribution in [3.63, 3.8) is 0 Å². The summed E-state index contributed by atoms with van der Waals surface area (Å²) in [6.07, 6.45) is 3.03. The lowest BCUT2D eigenvalue weighted by Crippen LogP contribution is -2.38. The van der Waals surface area contributed by atoms with Crippen LogP contribution in [-0.2, 0) is 4.79 Å². The van der Waals surface area contributed by atoms with Crippen LogP contribution in [0.3, 0.4) is 0 Å². The molecular formula is C10H16N4O. The normalized spacial score (nSPS) is 23.2. The molecule has 0 aromatic rings. The van der Waals surface area contributed by atoms with Crippen molar-refractivity contribution in [2.24, 2.45) is 10.7 Å². The number of carbonyl (C=O) groups excluding carboxylic acids is 1. The highest BCUT2D eigenvalue weighted by Crippen LogP contribution is 2.17. The van der Waals surface area contributed by atoms with Gasteiger partial charge >= 0.3 is 0 Å². The van der Waals surface area contributed by atoms with Crippen LogP contribution < -0.4 is 11.1 Å². The summed E-state index contributed by atoms with van der Waals surface area (Å²) in [5.74, 6) is 0.153. The second-order valence-electron chi connectivity index (χ2n) is 3.71. The van der Waals surface area contributed by atoms with Crippen LogP contribution in [0.15, 0.2) is 16.9 Å². The molecule has 0 bridgehead atoms. The number of nitrogens with one attached hydrogen (secondary N) is 1. The Morgan fingerprint density at radius 1 is 1.60 bits per heavy atom. The topological polar surface area (TPSA) is 70.7 Å². The molecule has 2 aliphatic heterocycles. The van der Waals surface area contributed by atoms with E-state index >= 15 is 0 Å². The molecule has 0 aliphatic carbocycles. The molecule has 0 unspecified atom stereocenters. The third-order valence-electron chi connectivity index (χ3n) is 2.70. The molecule has 0 spiro atoms. The predicted molar refractivity (Wildman–Crippen MR) is 58.4 cm³/mol. The van der Waals surface area contributed by atoms with Gasteiger partial charge in [0.05, 0.1) is 18.0 Å². The summed E-state index contributed by atoms with van der Waals surface area (Å²) in [5, 5.41) is 3.22. The van der Waals surface area contributed by atoms with E-state index in [4.69, 9.17) is 5.73 Å². The van der Waals surface area contributed by atoms with E-state index in [0.29, 0.717) is 13.0 Å². The van der Waals surface area contributed by atoms with E-state index in [2.05, 4.69) is 10.3 Å². The summed E-state index contributed by atoms with van der Waals surface area (Å²) in [4.78, 5) is 17.7. The lowest BCUT2D eigenvalue weighted by molar-refractivity contribution is -0.125. The standard InChI is InChI=1S/C10H16N4O/c11-6-9(8-7-12-3-4-13-8)14-5-1-2-10(14)15/h6,12H,1-5,7,11H2. The molecule has 1 saturated heterocycles. The molecule has 0 saturated carbocycles. The Kier molecular flexibility index (Phi) is 3.01. The first-order valence-corrected chi connectivity index (χ1v) is 5.29. The summed E-state index contributed by atoms with van der Waals surface area (Å²) >= 11 is 0. The highest BCUT2D eigenvalue weighted by Gasteiger charge is 2.26. The van der Waals surface area contributed by atoms with Crippen molar-refractivity contribution in [2.75, 3.05) is 26.2 Å². The fourth-order valence-electron chi connectivity index (χ4n) is 1.95. The fraction of sp³-hybridized carbons (Fsp3) is 0.600. The SMILES string of the molecule is NC=C(C1=NCCNC1)N1CCCC1=O. The molecule has 15 heavy (non-hydrogen) atoms. The molecule has 5 heteroatoms. The van der Waals surface area contributed by atoms with Crippen molar-refractivity contribution in [2.45, 2.75) is 12.8 Å². The smallest absolute Gasteiger partial charge is 0.227 e. The van der Waals surface area contributed by atoms with Crippen molar-refractivity contribution < 1.29 is 4.79 Å². The maximum atomic E-state index is 11.6. The van der Waals surface area contributed by atoms with Gasteiger partial charge in [-0.05, 0) is 6.42 Å². The first kappa shape index (κ1) is 10.2. The molecular weight excluding hydrogens is 192 g/mol. The van der Waals surface area contributed by atoms with Crippen LogP contribution in [0.1, 0.15) is 12.8 Å². The van der Waals surface area contributed by atoms with Gasteiger partial charge in [0.1, 0.15) is 0 Å². The van der Waals surface area contributed by atoms with Crippen LogP contribution in [0, 0.1) is 0 Å². The number of aliphatic imine (C=N–C) groups is 1. The zero-order valence-corrected chi connectivity index (χ0v) is 8.70. The van der Waals surface area contributed by atoms with Crippen LogP contribution >= 0.6 is 0 Å². The minimum Gasteiger partial charge on any atom is -0.403 e. The Bertz CT molecular complexity index is 321. The van der Waals surface area contributed by atoms with Crippen LogP contribution in [0.25, 0.3) is 0 Å². The van der Waals surface area contributed by atoms with Crippen LogP contribution in [0.5, 0.6) is 0 Å². The summed E-state index contributed by atoms with van der Waals surface area (Å²) < 4.78 is 0. The van der Waals surface area contributed by atoms with E-state index in [9.17, 15) is 4.79 Å². The van der Waals surface area contributed by atoms with E-state index in [1.165, 1.54) is 6.20 Å². The lowest BCUT2D eigenvalue weighted by Gasteiger charge is -2.23. The van der Waals surface area contributed by atoms with Crippen LogP contribution in [0.4, 0.5) is 0 Å². The number of nitrogens with two attached hydrogens (primary N) is 1. The quantitative estimate of drug-likeness (QED) is 0.640. The summed E-state index contributed by atoms with van der Waals surface area (Å²) in [6.45, 7) is 3.12. The number of carbonyl (C=O) groups is 1. The average Bonchev–Trinajstić information content (AvgIpc) is 2.68. The fourth-order valence-corrected chi connectivity index (χ4v) is 1.95. The molecule has 0 radical (unpaired) electrons. The molecule has 0 aromatic heterocycles.